The average Bonchev–Trinajstić information content (AvgIpc) is 2.71. The Labute approximate surface area is 213 Å². The summed E-state index contributed by atoms with van der Waals surface area (Å²) in [5.74, 6) is 0.533. The third-order valence-corrected chi connectivity index (χ3v) is 11.2. The number of hydrogen-bond acceptors (Lipinski definition) is 4. The molecular formula is C21H49N3O2Se4. The van der Waals surface area contributed by atoms with Gasteiger partial charge in [0.15, 0.2) is 0 Å². The van der Waals surface area contributed by atoms with Crippen LogP contribution in [-0.4, -0.2) is 105 Å². The van der Waals surface area contributed by atoms with Gasteiger partial charge >= 0.3 is 200 Å². The van der Waals surface area contributed by atoms with Crippen molar-refractivity contribution in [3.8, 4) is 0 Å². The maximum atomic E-state index is 11.0. The molecule has 0 atom stereocenters. The van der Waals surface area contributed by atoms with Crippen molar-refractivity contribution in [2.24, 2.45) is 0 Å². The standard InChI is InChI=1S/C11H22N2O2Se2.C8H19NSe2.2CH4/c1-3-10(14)8-16-6-4-13-5-7-17-9-11(15)12-2;1-3-10-7-5-9-6-8-11-4-2;;/h13H,3-9H2,1-2H3,(H,12,15);9H,3-8H2,1-2H3;2*1H4. The first-order valence-electron chi connectivity index (χ1n) is 10.1. The molecule has 5 nitrogen and oxygen atoms in total. The van der Waals surface area contributed by atoms with E-state index < -0.39 is 0 Å². The van der Waals surface area contributed by atoms with Crippen molar-refractivity contribution in [3.05, 3.63) is 0 Å². The molecule has 9 heteroatoms. The summed E-state index contributed by atoms with van der Waals surface area (Å²) >= 11 is 2.69. The van der Waals surface area contributed by atoms with Gasteiger partial charge in [-0.2, -0.15) is 0 Å². The molecular weight excluding hydrogens is 642 g/mol. The number of carbonyl (C=O) groups is 2. The van der Waals surface area contributed by atoms with E-state index in [9.17, 15) is 9.59 Å². The second kappa shape index (κ2) is 34.7. The minimum atomic E-state index is 0. The minimum absolute atomic E-state index is 0. The van der Waals surface area contributed by atoms with Gasteiger partial charge < -0.3 is 0 Å². The summed E-state index contributed by atoms with van der Waals surface area (Å²) < 4.78 is 0. The third kappa shape index (κ3) is 36.5. The number of Topliss-reactive ketones (excluding diaryl/α,β-unsaturated/α-hetero) is 1. The molecule has 0 fully saturated rings. The van der Waals surface area contributed by atoms with E-state index in [4.69, 9.17) is 0 Å². The predicted octanol–water partition coefficient (Wildman–Crippen LogP) is 3.35. The Bertz CT molecular complexity index is 322. The van der Waals surface area contributed by atoms with Gasteiger partial charge in [0.25, 0.3) is 0 Å². The fourth-order valence-electron chi connectivity index (χ4n) is 1.64. The third-order valence-electron chi connectivity index (χ3n) is 3.27. The van der Waals surface area contributed by atoms with Gasteiger partial charge in [-0.1, -0.05) is 14.9 Å². The van der Waals surface area contributed by atoms with Crippen molar-refractivity contribution in [2.45, 2.75) is 84.6 Å². The molecule has 0 rings (SSSR count). The normalized spacial score (nSPS) is 9.60. The molecule has 0 bridgehead atoms. The van der Waals surface area contributed by atoms with Crippen LogP contribution in [-0.2, 0) is 9.59 Å². The van der Waals surface area contributed by atoms with Crippen molar-refractivity contribution in [2.75, 3.05) is 33.2 Å². The molecule has 0 spiro atoms. The molecule has 0 heterocycles. The van der Waals surface area contributed by atoms with Crippen LogP contribution in [0.1, 0.15) is 42.0 Å². The van der Waals surface area contributed by atoms with Crippen molar-refractivity contribution < 1.29 is 9.59 Å². The fraction of sp³-hybridized carbons (Fsp3) is 0.905. The summed E-state index contributed by atoms with van der Waals surface area (Å²) in [6.07, 6.45) is 0.678. The Morgan fingerprint density at radius 1 is 0.667 bits per heavy atom. The van der Waals surface area contributed by atoms with Crippen LogP contribution >= 0.6 is 0 Å². The zero-order chi connectivity index (χ0) is 21.3. The van der Waals surface area contributed by atoms with Crippen LogP contribution in [0.25, 0.3) is 0 Å². The molecule has 0 aliphatic heterocycles. The van der Waals surface area contributed by atoms with E-state index in [0.717, 1.165) is 59.0 Å². The number of carbonyl (C=O) groups excluding carboxylic acids is 2. The SMILES string of the molecule is C.C.CCC(=O)C[Se]CCNCC[Se]CC(=O)NC.CC[Se]CCNCC[Se]CC. The molecule has 30 heavy (non-hydrogen) atoms. The molecule has 0 aliphatic carbocycles. The molecule has 0 radical (unpaired) electrons. The first-order chi connectivity index (χ1) is 13.6. The van der Waals surface area contributed by atoms with E-state index in [1.165, 1.54) is 34.4 Å². The van der Waals surface area contributed by atoms with Crippen LogP contribution in [0.15, 0.2) is 0 Å². The van der Waals surface area contributed by atoms with Crippen LogP contribution in [0.3, 0.4) is 0 Å². The van der Waals surface area contributed by atoms with Crippen LogP contribution in [0.5, 0.6) is 0 Å². The summed E-state index contributed by atoms with van der Waals surface area (Å²) in [6.45, 7) is 11.0. The molecule has 3 N–H and O–H groups in total. The molecule has 0 aromatic carbocycles. The quantitative estimate of drug-likeness (QED) is 0.144. The summed E-state index contributed by atoms with van der Waals surface area (Å²) in [7, 11) is 1.68. The van der Waals surface area contributed by atoms with Crippen molar-refractivity contribution in [3.63, 3.8) is 0 Å². The Morgan fingerprint density at radius 2 is 1.07 bits per heavy atom. The summed E-state index contributed by atoms with van der Waals surface area (Å²) in [5.41, 5.74) is 0. The fourth-order valence-corrected chi connectivity index (χ4v) is 7.48. The molecule has 0 saturated carbocycles. The second-order valence-electron chi connectivity index (χ2n) is 5.56. The maximum absolute atomic E-state index is 11.0. The first-order valence-corrected chi connectivity index (χ1v) is 19.8. The Balaban J connectivity index is -0.000000228. The molecule has 1 amide bonds. The van der Waals surface area contributed by atoms with Gasteiger partial charge in [-0.15, -0.1) is 0 Å². The number of hydrogen-bond donors (Lipinski definition) is 3. The van der Waals surface area contributed by atoms with Crippen molar-refractivity contribution >= 4 is 71.5 Å². The van der Waals surface area contributed by atoms with Gasteiger partial charge in [0.2, 0.25) is 0 Å². The van der Waals surface area contributed by atoms with Crippen LogP contribution in [0, 0.1) is 0 Å². The molecule has 0 aromatic rings. The van der Waals surface area contributed by atoms with E-state index in [0.29, 0.717) is 47.4 Å². The van der Waals surface area contributed by atoms with E-state index in [2.05, 4.69) is 29.8 Å². The van der Waals surface area contributed by atoms with E-state index in [-0.39, 0.29) is 20.8 Å². The van der Waals surface area contributed by atoms with Gasteiger partial charge in [-0.05, 0) is 0 Å². The predicted molar refractivity (Wildman–Crippen MR) is 141 cm³/mol. The molecule has 0 saturated heterocycles. The van der Waals surface area contributed by atoms with Crippen LogP contribution < -0.4 is 16.0 Å². The van der Waals surface area contributed by atoms with Crippen molar-refractivity contribution in [1.29, 1.82) is 0 Å². The van der Waals surface area contributed by atoms with Gasteiger partial charge in [0.05, 0.1) is 0 Å². The summed E-state index contributed by atoms with van der Waals surface area (Å²) in [4.78, 5) is 22.0. The summed E-state index contributed by atoms with van der Waals surface area (Å²) in [6, 6.07) is 0. The van der Waals surface area contributed by atoms with Gasteiger partial charge in [0, 0.05) is 0 Å². The molecule has 0 unspecified atom stereocenters. The molecule has 0 aliphatic rings. The second-order valence-corrected chi connectivity index (χ2v) is 16.1. The van der Waals surface area contributed by atoms with Gasteiger partial charge in [-0.3, -0.25) is 0 Å². The van der Waals surface area contributed by atoms with Gasteiger partial charge in [0.1, 0.15) is 0 Å². The molecule has 0 aromatic heterocycles. The summed E-state index contributed by atoms with van der Waals surface area (Å²) in [5, 5.41) is 18.8. The number of nitrogens with one attached hydrogen (secondary N) is 3. The Morgan fingerprint density at radius 3 is 1.43 bits per heavy atom. The monoisotopic (exact) mass is 695 g/mol. The number of rotatable bonds is 19. The van der Waals surface area contributed by atoms with E-state index in [1.807, 2.05) is 6.92 Å². The van der Waals surface area contributed by atoms with E-state index in [1.54, 1.807) is 7.05 Å². The zero-order valence-electron chi connectivity index (χ0n) is 18.1. The Kier molecular flexibility index (Phi) is 44.5. The van der Waals surface area contributed by atoms with Crippen LogP contribution in [0.2, 0.25) is 42.6 Å². The number of amides is 1. The van der Waals surface area contributed by atoms with Crippen molar-refractivity contribution in [1.82, 2.24) is 16.0 Å². The first kappa shape index (κ1) is 38.4. The average molecular weight is 691 g/mol. The zero-order valence-corrected chi connectivity index (χ0v) is 25.0. The van der Waals surface area contributed by atoms with Crippen LogP contribution in [0.4, 0.5) is 0 Å². The topological polar surface area (TPSA) is 70.2 Å². The number of ketones is 1. The Hall–Kier alpha value is 1.14. The van der Waals surface area contributed by atoms with Gasteiger partial charge in [-0.25, -0.2) is 0 Å². The molecule has 184 valence electrons. The van der Waals surface area contributed by atoms with E-state index >= 15 is 0 Å².